The summed E-state index contributed by atoms with van der Waals surface area (Å²) in [6.45, 7) is 7.88. The lowest BCUT2D eigenvalue weighted by molar-refractivity contribution is -0.126. The molecule has 0 spiro atoms. The van der Waals surface area contributed by atoms with E-state index in [1.807, 2.05) is 13.8 Å². The summed E-state index contributed by atoms with van der Waals surface area (Å²) in [6.07, 6.45) is 1.17. The number of carbonyl (C=O) groups is 2. The maximum atomic E-state index is 13.2. The highest BCUT2D eigenvalue weighted by Crippen LogP contribution is 2.36. The normalized spacial score (nSPS) is 21.7. The minimum absolute atomic E-state index is 0.000474. The van der Waals surface area contributed by atoms with Gasteiger partial charge in [-0.25, -0.2) is 8.42 Å². The van der Waals surface area contributed by atoms with Crippen molar-refractivity contribution in [3.05, 3.63) is 17.7 Å². The summed E-state index contributed by atoms with van der Waals surface area (Å²) in [7, 11) is -3.73. The summed E-state index contributed by atoms with van der Waals surface area (Å²) in [4.78, 5) is 24.3. The quantitative estimate of drug-likeness (QED) is 0.754. The van der Waals surface area contributed by atoms with Gasteiger partial charge in [0.1, 0.15) is 5.75 Å². The van der Waals surface area contributed by atoms with Crippen LogP contribution in [0.25, 0.3) is 0 Å². The van der Waals surface area contributed by atoms with E-state index < -0.39 is 16.1 Å². The fraction of sp³-hybridized carbons (Fsp3) is 0.600. The number of sulfonamides is 1. The molecule has 0 radical (unpaired) electrons. The van der Waals surface area contributed by atoms with Crippen molar-refractivity contribution in [1.82, 2.24) is 9.62 Å². The van der Waals surface area contributed by atoms with Crippen LogP contribution in [0.5, 0.6) is 5.75 Å². The molecule has 2 atom stereocenters. The Bertz CT molecular complexity index is 907. The van der Waals surface area contributed by atoms with Crippen LogP contribution in [0, 0.1) is 12.8 Å². The zero-order valence-corrected chi connectivity index (χ0v) is 18.1. The van der Waals surface area contributed by atoms with Gasteiger partial charge in [0.25, 0.3) is 5.91 Å². The fourth-order valence-electron chi connectivity index (χ4n) is 3.58. The largest absolute Gasteiger partial charge is 0.479 e. The summed E-state index contributed by atoms with van der Waals surface area (Å²) in [5, 5.41) is 5.71. The van der Waals surface area contributed by atoms with Crippen LogP contribution < -0.4 is 15.4 Å². The van der Waals surface area contributed by atoms with Crippen LogP contribution in [0.4, 0.5) is 5.69 Å². The minimum atomic E-state index is -3.73. The van der Waals surface area contributed by atoms with Gasteiger partial charge in [0, 0.05) is 31.1 Å². The Morgan fingerprint density at radius 3 is 2.62 bits per heavy atom. The van der Waals surface area contributed by atoms with Crippen molar-refractivity contribution >= 4 is 27.5 Å². The van der Waals surface area contributed by atoms with Crippen LogP contribution in [0.3, 0.4) is 0 Å². The summed E-state index contributed by atoms with van der Waals surface area (Å²) in [5.41, 5.74) is 1.02. The number of fused-ring (bicyclic) bond motifs is 1. The molecule has 1 aromatic carbocycles. The Hall–Kier alpha value is -2.13. The predicted molar refractivity (Wildman–Crippen MR) is 109 cm³/mol. The maximum Gasteiger partial charge on any atom is 0.265 e. The summed E-state index contributed by atoms with van der Waals surface area (Å²) in [5.74, 6) is -0.0756. The van der Waals surface area contributed by atoms with Gasteiger partial charge in [0.2, 0.25) is 15.9 Å². The monoisotopic (exact) mass is 423 g/mol. The van der Waals surface area contributed by atoms with Gasteiger partial charge in [-0.15, -0.1) is 0 Å². The molecule has 1 saturated heterocycles. The third kappa shape index (κ3) is 4.40. The van der Waals surface area contributed by atoms with Crippen LogP contribution in [0.2, 0.25) is 0 Å². The summed E-state index contributed by atoms with van der Waals surface area (Å²) >= 11 is 0. The number of nitrogens with one attached hydrogen (secondary N) is 2. The predicted octanol–water partition coefficient (Wildman–Crippen LogP) is 2.03. The van der Waals surface area contributed by atoms with Crippen molar-refractivity contribution < 1.29 is 22.7 Å². The van der Waals surface area contributed by atoms with E-state index in [1.54, 1.807) is 19.9 Å². The smallest absolute Gasteiger partial charge is 0.265 e. The van der Waals surface area contributed by atoms with E-state index in [1.165, 1.54) is 10.4 Å². The summed E-state index contributed by atoms with van der Waals surface area (Å²) in [6, 6.07) is 3.22. The number of amides is 2. The van der Waals surface area contributed by atoms with Crippen molar-refractivity contribution in [2.75, 3.05) is 18.4 Å². The van der Waals surface area contributed by atoms with Crippen molar-refractivity contribution in [1.29, 1.82) is 0 Å². The number of hydrogen-bond donors (Lipinski definition) is 2. The van der Waals surface area contributed by atoms with Crippen LogP contribution in [0.1, 0.15) is 45.6 Å². The molecule has 9 heteroatoms. The van der Waals surface area contributed by atoms with Gasteiger partial charge in [0.05, 0.1) is 10.6 Å². The zero-order valence-electron chi connectivity index (χ0n) is 17.3. The van der Waals surface area contributed by atoms with Crippen molar-refractivity contribution in [3.63, 3.8) is 0 Å². The lowest BCUT2D eigenvalue weighted by atomic mass is 9.97. The van der Waals surface area contributed by atoms with E-state index >= 15 is 0 Å². The van der Waals surface area contributed by atoms with Gasteiger partial charge in [-0.1, -0.05) is 6.92 Å². The molecule has 0 saturated carbocycles. The van der Waals surface area contributed by atoms with Crippen LogP contribution in [-0.4, -0.2) is 49.8 Å². The molecule has 2 aliphatic heterocycles. The molecule has 3 rings (SSSR count). The van der Waals surface area contributed by atoms with Gasteiger partial charge < -0.3 is 15.4 Å². The molecule has 2 heterocycles. The Labute approximate surface area is 172 Å². The molecule has 29 heavy (non-hydrogen) atoms. The SMILES string of the molecule is CC[C@H](C)NC(=O)C1CCN(S(=O)(=O)c2cc3c(cc2C)NC(=O)[C@@H](C)O3)CC1. The third-order valence-electron chi connectivity index (χ3n) is 5.65. The van der Waals surface area contributed by atoms with Crippen molar-refractivity contribution in [3.8, 4) is 5.75 Å². The van der Waals surface area contributed by atoms with E-state index in [0.717, 1.165) is 6.42 Å². The number of benzene rings is 1. The van der Waals surface area contributed by atoms with Crippen LogP contribution >= 0.6 is 0 Å². The highest BCUT2D eigenvalue weighted by Gasteiger charge is 2.34. The molecule has 2 aliphatic rings. The number of hydrogen-bond acceptors (Lipinski definition) is 5. The van der Waals surface area contributed by atoms with E-state index in [4.69, 9.17) is 4.74 Å². The fourth-order valence-corrected chi connectivity index (χ4v) is 5.27. The Kier molecular flexibility index (Phi) is 6.19. The number of nitrogens with zero attached hydrogens (tertiary/aromatic N) is 1. The molecule has 1 aromatic rings. The number of carbonyl (C=O) groups excluding carboxylic acids is 2. The first-order valence-corrected chi connectivity index (χ1v) is 11.5. The average Bonchev–Trinajstić information content (AvgIpc) is 2.68. The standard InChI is InChI=1S/C20H29N3O5S/c1-5-13(3)21-20(25)15-6-8-23(9-7-15)29(26,27)18-11-17-16(10-12(18)2)22-19(24)14(4)28-17/h10-11,13-15H,5-9H2,1-4H3,(H,21,25)(H,22,24)/t13-,14+/m0/s1. The first kappa shape index (κ1) is 21.6. The molecule has 1 fully saturated rings. The molecule has 0 unspecified atom stereocenters. The van der Waals surface area contributed by atoms with Crippen molar-refractivity contribution in [2.45, 2.75) is 64.0 Å². The number of rotatable bonds is 5. The molecular formula is C20H29N3O5S. The molecule has 2 amide bonds. The Morgan fingerprint density at radius 1 is 1.34 bits per heavy atom. The van der Waals surface area contributed by atoms with Crippen LogP contribution in [0.15, 0.2) is 17.0 Å². The molecule has 0 aliphatic carbocycles. The highest BCUT2D eigenvalue weighted by molar-refractivity contribution is 7.89. The third-order valence-corrected chi connectivity index (χ3v) is 7.69. The molecular weight excluding hydrogens is 394 g/mol. The second-order valence-corrected chi connectivity index (χ2v) is 9.77. The maximum absolute atomic E-state index is 13.2. The van der Waals surface area contributed by atoms with Crippen molar-refractivity contribution in [2.24, 2.45) is 5.92 Å². The first-order valence-electron chi connectivity index (χ1n) is 10.1. The number of aryl methyl sites for hydroxylation is 1. The van der Waals surface area contributed by atoms with Gasteiger partial charge in [-0.05, 0) is 51.7 Å². The van der Waals surface area contributed by atoms with Gasteiger partial charge in [-0.3, -0.25) is 9.59 Å². The van der Waals surface area contributed by atoms with E-state index in [9.17, 15) is 18.0 Å². The number of anilines is 1. The first-order chi connectivity index (χ1) is 13.6. The molecule has 8 nitrogen and oxygen atoms in total. The molecule has 0 aromatic heterocycles. The zero-order chi connectivity index (χ0) is 21.3. The topological polar surface area (TPSA) is 105 Å². The van der Waals surface area contributed by atoms with Gasteiger partial charge in [-0.2, -0.15) is 4.31 Å². The molecule has 0 bridgehead atoms. The van der Waals surface area contributed by atoms with Crippen LogP contribution in [-0.2, 0) is 19.6 Å². The highest BCUT2D eigenvalue weighted by atomic mass is 32.2. The Morgan fingerprint density at radius 2 is 2.00 bits per heavy atom. The minimum Gasteiger partial charge on any atom is -0.479 e. The second-order valence-electron chi connectivity index (χ2n) is 7.86. The lowest BCUT2D eigenvalue weighted by Gasteiger charge is -2.32. The van der Waals surface area contributed by atoms with E-state index in [0.29, 0.717) is 42.9 Å². The Balaban J connectivity index is 1.75. The van der Waals surface area contributed by atoms with E-state index in [-0.39, 0.29) is 28.7 Å². The van der Waals surface area contributed by atoms with Gasteiger partial charge in [0.15, 0.2) is 6.10 Å². The molecule has 2 N–H and O–H groups in total. The molecule has 160 valence electrons. The lowest BCUT2D eigenvalue weighted by Crippen LogP contribution is -2.44. The summed E-state index contributed by atoms with van der Waals surface area (Å²) < 4.78 is 33.4. The van der Waals surface area contributed by atoms with E-state index in [2.05, 4.69) is 10.6 Å². The number of ether oxygens (including phenoxy) is 1. The second kappa shape index (κ2) is 8.31. The number of piperidine rings is 1. The average molecular weight is 424 g/mol. The van der Waals surface area contributed by atoms with Gasteiger partial charge >= 0.3 is 0 Å².